The van der Waals surface area contributed by atoms with Gasteiger partial charge in [0.2, 0.25) is 5.91 Å². The highest BCUT2D eigenvalue weighted by Gasteiger charge is 2.22. The lowest BCUT2D eigenvalue weighted by molar-refractivity contribution is -0.116. The predicted octanol–water partition coefficient (Wildman–Crippen LogP) is 5.47. The van der Waals surface area contributed by atoms with Crippen molar-refractivity contribution in [1.29, 1.82) is 0 Å². The van der Waals surface area contributed by atoms with E-state index in [9.17, 15) is 9.59 Å². The van der Waals surface area contributed by atoms with Gasteiger partial charge >= 0.3 is 0 Å². The average molecular weight is 467 g/mol. The molecule has 2 heterocycles. The molecule has 3 aromatic rings. The molecule has 0 fully saturated rings. The van der Waals surface area contributed by atoms with Gasteiger partial charge in [0.25, 0.3) is 5.91 Å². The number of nitrogens with zero attached hydrogens (tertiary/aromatic N) is 3. The molecule has 0 radical (unpaired) electrons. The normalized spacial score (nSPS) is 11.3. The molecule has 0 saturated heterocycles. The number of hydrogen-bond donors (Lipinski definition) is 1. The van der Waals surface area contributed by atoms with Gasteiger partial charge in [-0.3, -0.25) is 14.3 Å². The smallest absolute Gasteiger partial charge is 0.264 e. The van der Waals surface area contributed by atoms with E-state index in [0.29, 0.717) is 33.1 Å². The van der Waals surface area contributed by atoms with Crippen LogP contribution in [0, 0.1) is 12.8 Å². The lowest BCUT2D eigenvalue weighted by Crippen LogP contribution is -2.37. The summed E-state index contributed by atoms with van der Waals surface area (Å²) in [6.45, 7) is 9.13. The molecular formula is C21H24Cl2N4O2S. The fraction of sp³-hybridized carbons (Fsp3) is 0.381. The van der Waals surface area contributed by atoms with E-state index >= 15 is 0 Å². The minimum atomic E-state index is -0.358. The van der Waals surface area contributed by atoms with Crippen LogP contribution in [0.15, 0.2) is 24.3 Å². The number of likely N-dealkylation sites (N-methyl/N-ethyl adjacent to an activating group) is 1. The van der Waals surface area contributed by atoms with Gasteiger partial charge in [-0.1, -0.05) is 43.1 Å². The Morgan fingerprint density at radius 3 is 2.53 bits per heavy atom. The Bertz CT molecular complexity index is 1070. The number of anilines is 1. The maximum absolute atomic E-state index is 13.1. The second-order valence-corrected chi connectivity index (χ2v) is 9.30. The van der Waals surface area contributed by atoms with E-state index in [1.165, 1.54) is 16.2 Å². The first kappa shape index (κ1) is 22.6. The zero-order valence-corrected chi connectivity index (χ0v) is 19.7. The minimum absolute atomic E-state index is 0.0950. The molecule has 9 heteroatoms. The van der Waals surface area contributed by atoms with Gasteiger partial charge < -0.3 is 10.2 Å². The monoisotopic (exact) mass is 466 g/mol. The molecule has 0 unspecified atom stereocenters. The first-order chi connectivity index (χ1) is 14.2. The quantitative estimate of drug-likeness (QED) is 0.501. The van der Waals surface area contributed by atoms with E-state index in [0.717, 1.165) is 22.5 Å². The van der Waals surface area contributed by atoms with E-state index in [2.05, 4.69) is 24.3 Å². The summed E-state index contributed by atoms with van der Waals surface area (Å²) >= 11 is 13.6. The maximum atomic E-state index is 13.1. The Morgan fingerprint density at radius 2 is 1.93 bits per heavy atom. The fourth-order valence-electron chi connectivity index (χ4n) is 3.14. The van der Waals surface area contributed by atoms with Crippen LogP contribution in [-0.4, -0.2) is 39.6 Å². The molecule has 0 aliphatic rings. The van der Waals surface area contributed by atoms with Gasteiger partial charge in [0.05, 0.1) is 26.3 Å². The molecule has 30 heavy (non-hydrogen) atoms. The summed E-state index contributed by atoms with van der Waals surface area (Å²) in [5.41, 5.74) is 1.25. The molecule has 3 rings (SSSR count). The highest BCUT2D eigenvalue weighted by molar-refractivity contribution is 7.20. The molecule has 6 nitrogen and oxygen atoms in total. The number of rotatable bonds is 7. The number of thiophene rings is 1. The Morgan fingerprint density at radius 1 is 1.27 bits per heavy atom. The summed E-state index contributed by atoms with van der Waals surface area (Å²) in [4.78, 5) is 28.7. The Hall–Kier alpha value is -2.09. The van der Waals surface area contributed by atoms with Gasteiger partial charge in [-0.15, -0.1) is 11.3 Å². The third kappa shape index (κ3) is 4.79. The summed E-state index contributed by atoms with van der Waals surface area (Å²) in [6, 6.07) is 6.86. The van der Waals surface area contributed by atoms with Crippen LogP contribution in [0.5, 0.6) is 0 Å². The van der Waals surface area contributed by atoms with Gasteiger partial charge in [0.15, 0.2) is 0 Å². The van der Waals surface area contributed by atoms with Crippen molar-refractivity contribution >= 4 is 62.3 Å². The third-order valence-electron chi connectivity index (χ3n) is 4.59. The standard InChI is InChI=1S/C21H24Cl2N4O2S/c1-5-26(11-18(28)24-19-15(22)7-6-8-16(19)23)20(29)17-9-14-13(4)25-27(10-12(2)3)21(14)30-17/h6-9,12H,5,10-11H2,1-4H3,(H,24,28). The van der Waals surface area contributed by atoms with Crippen LogP contribution in [0.2, 0.25) is 10.0 Å². The molecule has 0 aliphatic heterocycles. The maximum Gasteiger partial charge on any atom is 0.264 e. The first-order valence-corrected chi connectivity index (χ1v) is 11.3. The lowest BCUT2D eigenvalue weighted by Gasteiger charge is -2.20. The predicted molar refractivity (Wildman–Crippen MR) is 124 cm³/mol. The number of halogens is 2. The molecule has 2 amide bonds. The van der Waals surface area contributed by atoms with Crippen molar-refractivity contribution in [1.82, 2.24) is 14.7 Å². The number of aromatic nitrogens is 2. The number of hydrogen-bond acceptors (Lipinski definition) is 4. The Balaban J connectivity index is 1.78. The minimum Gasteiger partial charge on any atom is -0.329 e. The fourth-order valence-corrected chi connectivity index (χ4v) is 4.77. The van der Waals surface area contributed by atoms with Crippen molar-refractivity contribution in [3.63, 3.8) is 0 Å². The van der Waals surface area contributed by atoms with Gasteiger partial charge in [-0.2, -0.15) is 5.10 Å². The van der Waals surface area contributed by atoms with Gasteiger partial charge in [-0.05, 0) is 38.0 Å². The van der Waals surface area contributed by atoms with Crippen molar-refractivity contribution in [3.8, 4) is 0 Å². The van der Waals surface area contributed by atoms with E-state index in [1.54, 1.807) is 18.2 Å². The number of para-hydroxylation sites is 1. The van der Waals surface area contributed by atoms with Gasteiger partial charge in [-0.25, -0.2) is 0 Å². The van der Waals surface area contributed by atoms with E-state index in [4.69, 9.17) is 23.2 Å². The highest BCUT2D eigenvalue weighted by Crippen LogP contribution is 2.31. The molecule has 0 spiro atoms. The van der Waals surface area contributed by atoms with E-state index < -0.39 is 0 Å². The zero-order valence-electron chi connectivity index (χ0n) is 17.3. The van der Waals surface area contributed by atoms with Crippen LogP contribution in [0.4, 0.5) is 5.69 Å². The lowest BCUT2D eigenvalue weighted by atomic mass is 10.2. The largest absolute Gasteiger partial charge is 0.329 e. The SMILES string of the molecule is CCN(CC(=O)Nc1c(Cl)cccc1Cl)C(=O)c1cc2c(C)nn(CC(C)C)c2s1. The molecule has 1 aromatic carbocycles. The number of amides is 2. The zero-order chi connectivity index (χ0) is 22.0. The second-order valence-electron chi connectivity index (χ2n) is 7.46. The molecule has 2 aromatic heterocycles. The van der Waals surface area contributed by atoms with Gasteiger partial charge in [0.1, 0.15) is 11.4 Å². The number of carbonyl (C=O) groups excluding carboxylic acids is 2. The van der Waals surface area contributed by atoms with E-state index in [1.807, 2.05) is 24.6 Å². The average Bonchev–Trinajstić information content (AvgIpc) is 3.23. The first-order valence-electron chi connectivity index (χ1n) is 9.71. The van der Waals surface area contributed by atoms with Crippen LogP contribution in [0.1, 0.15) is 36.1 Å². The van der Waals surface area contributed by atoms with Crippen LogP contribution in [0.25, 0.3) is 10.2 Å². The van der Waals surface area contributed by atoms with Crippen molar-refractivity contribution in [2.45, 2.75) is 34.2 Å². The van der Waals surface area contributed by atoms with Crippen LogP contribution >= 0.6 is 34.5 Å². The Labute approximate surface area is 189 Å². The van der Waals surface area contributed by atoms with Crippen molar-refractivity contribution in [3.05, 3.63) is 44.9 Å². The van der Waals surface area contributed by atoms with Crippen LogP contribution in [-0.2, 0) is 11.3 Å². The topological polar surface area (TPSA) is 67.2 Å². The summed E-state index contributed by atoms with van der Waals surface area (Å²) in [5, 5.41) is 8.96. The third-order valence-corrected chi connectivity index (χ3v) is 6.35. The molecule has 160 valence electrons. The van der Waals surface area contributed by atoms with Crippen molar-refractivity contribution in [2.24, 2.45) is 5.92 Å². The Kier molecular flexibility index (Phi) is 7.06. The van der Waals surface area contributed by atoms with Gasteiger partial charge in [0, 0.05) is 18.5 Å². The molecule has 1 N–H and O–H groups in total. The number of carbonyl (C=O) groups is 2. The molecule has 0 atom stereocenters. The number of benzene rings is 1. The summed E-state index contributed by atoms with van der Waals surface area (Å²) < 4.78 is 1.96. The number of fused-ring (bicyclic) bond motifs is 1. The summed E-state index contributed by atoms with van der Waals surface area (Å²) in [5.74, 6) is -0.0979. The van der Waals surface area contributed by atoms with Crippen molar-refractivity contribution in [2.75, 3.05) is 18.4 Å². The summed E-state index contributed by atoms with van der Waals surface area (Å²) in [7, 11) is 0. The van der Waals surface area contributed by atoms with Crippen LogP contribution < -0.4 is 5.32 Å². The molecule has 0 aliphatic carbocycles. The summed E-state index contributed by atoms with van der Waals surface area (Å²) in [6.07, 6.45) is 0. The van der Waals surface area contributed by atoms with Crippen LogP contribution in [0.3, 0.4) is 0 Å². The van der Waals surface area contributed by atoms with E-state index in [-0.39, 0.29) is 18.4 Å². The second kappa shape index (κ2) is 9.37. The van der Waals surface area contributed by atoms with Crippen molar-refractivity contribution < 1.29 is 9.59 Å². The molecule has 0 saturated carbocycles. The molecular weight excluding hydrogens is 443 g/mol. The highest BCUT2D eigenvalue weighted by atomic mass is 35.5. The molecule has 0 bridgehead atoms. The number of nitrogens with one attached hydrogen (secondary N) is 1. The number of aryl methyl sites for hydroxylation is 1.